The summed E-state index contributed by atoms with van der Waals surface area (Å²) >= 11 is 0. The van der Waals surface area contributed by atoms with E-state index in [0.717, 1.165) is 18.3 Å². The molecule has 1 aliphatic carbocycles. The first-order valence-corrected chi connectivity index (χ1v) is 2.90. The van der Waals surface area contributed by atoms with E-state index >= 15 is 0 Å². The zero-order valence-electron chi connectivity index (χ0n) is 4.65. The monoisotopic (exact) mass is 102 g/mol. The Morgan fingerprint density at radius 1 is 1.71 bits per heavy atom. The fourth-order valence-electron chi connectivity index (χ4n) is 0.941. The van der Waals surface area contributed by atoms with Crippen LogP contribution in [0.25, 0.3) is 0 Å². The van der Waals surface area contributed by atoms with Crippen molar-refractivity contribution < 1.29 is 4.39 Å². The molecule has 0 aromatic heterocycles. The van der Waals surface area contributed by atoms with Crippen molar-refractivity contribution in [1.82, 2.24) is 0 Å². The third kappa shape index (κ3) is 1.15. The van der Waals surface area contributed by atoms with Crippen LogP contribution in [0.15, 0.2) is 0 Å². The molecule has 0 spiro atoms. The molecular weight excluding hydrogens is 91.1 g/mol. The molecule has 42 valence electrons. The first kappa shape index (κ1) is 5.07. The van der Waals surface area contributed by atoms with Gasteiger partial charge in [0.15, 0.2) is 0 Å². The van der Waals surface area contributed by atoms with Gasteiger partial charge in [-0.25, -0.2) is 0 Å². The molecule has 2 unspecified atom stereocenters. The maximum atomic E-state index is 11.5. The molecule has 0 amide bonds. The Morgan fingerprint density at radius 3 is 2.43 bits per heavy atom. The summed E-state index contributed by atoms with van der Waals surface area (Å²) in [6.07, 6.45) is 2.07. The van der Waals surface area contributed by atoms with E-state index in [4.69, 9.17) is 0 Å². The smallest absolute Gasteiger partial charge is 0.0897 e. The number of alkyl halides is 1. The van der Waals surface area contributed by atoms with E-state index in [9.17, 15) is 4.39 Å². The van der Waals surface area contributed by atoms with Crippen LogP contribution in [0.5, 0.6) is 0 Å². The van der Waals surface area contributed by atoms with Crippen LogP contribution in [0, 0.1) is 11.8 Å². The van der Waals surface area contributed by atoms with Crippen molar-refractivity contribution in [2.24, 2.45) is 11.8 Å². The fraction of sp³-hybridized carbons (Fsp3) is 1.00. The highest BCUT2D eigenvalue weighted by Gasteiger charge is 2.31. The molecule has 0 nitrogen and oxygen atoms in total. The number of halogens is 1. The van der Waals surface area contributed by atoms with E-state index < -0.39 is 0 Å². The molecule has 0 radical (unpaired) electrons. The van der Waals surface area contributed by atoms with Gasteiger partial charge in [0.1, 0.15) is 0 Å². The summed E-state index contributed by atoms with van der Waals surface area (Å²) in [6.45, 7) is 2.06. The van der Waals surface area contributed by atoms with Gasteiger partial charge < -0.3 is 0 Å². The van der Waals surface area contributed by atoms with Crippen molar-refractivity contribution in [3.05, 3.63) is 0 Å². The summed E-state index contributed by atoms with van der Waals surface area (Å²) in [7, 11) is 0. The molecule has 1 aliphatic rings. The standard InChI is InChI=1S/C6H11F/c1-5-4-6(5)2-3-7/h5-6H,2-4H2,1H3. The van der Waals surface area contributed by atoms with Gasteiger partial charge >= 0.3 is 0 Å². The van der Waals surface area contributed by atoms with Gasteiger partial charge in [-0.15, -0.1) is 0 Å². The molecule has 0 N–H and O–H groups in total. The maximum Gasteiger partial charge on any atom is 0.0897 e. The highest BCUT2D eigenvalue weighted by molar-refractivity contribution is 4.81. The molecule has 0 aromatic carbocycles. The quantitative estimate of drug-likeness (QED) is 0.500. The molecule has 0 heterocycles. The second kappa shape index (κ2) is 1.81. The van der Waals surface area contributed by atoms with Gasteiger partial charge in [-0.1, -0.05) is 6.92 Å². The van der Waals surface area contributed by atoms with Crippen LogP contribution in [0.2, 0.25) is 0 Å². The minimum atomic E-state index is -0.116. The first-order chi connectivity index (χ1) is 3.34. The van der Waals surface area contributed by atoms with Crippen molar-refractivity contribution in [2.75, 3.05) is 6.67 Å². The maximum absolute atomic E-state index is 11.5. The van der Waals surface area contributed by atoms with Gasteiger partial charge in [0, 0.05) is 0 Å². The molecule has 0 aliphatic heterocycles. The predicted molar refractivity (Wildman–Crippen MR) is 27.9 cm³/mol. The third-order valence-electron chi connectivity index (χ3n) is 1.76. The lowest BCUT2D eigenvalue weighted by atomic mass is 10.3. The van der Waals surface area contributed by atoms with Gasteiger partial charge in [-0.05, 0) is 24.7 Å². The fourth-order valence-corrected chi connectivity index (χ4v) is 0.941. The minimum absolute atomic E-state index is 0.116. The van der Waals surface area contributed by atoms with Crippen LogP contribution < -0.4 is 0 Å². The lowest BCUT2D eigenvalue weighted by Gasteiger charge is -1.84. The topological polar surface area (TPSA) is 0 Å². The highest BCUT2D eigenvalue weighted by atomic mass is 19.1. The summed E-state index contributed by atoms with van der Waals surface area (Å²) in [6, 6.07) is 0. The average molecular weight is 102 g/mol. The van der Waals surface area contributed by atoms with Gasteiger partial charge in [0.2, 0.25) is 0 Å². The zero-order valence-corrected chi connectivity index (χ0v) is 4.65. The van der Waals surface area contributed by atoms with Crippen molar-refractivity contribution in [2.45, 2.75) is 19.8 Å². The van der Waals surface area contributed by atoms with Crippen molar-refractivity contribution in [3.63, 3.8) is 0 Å². The van der Waals surface area contributed by atoms with Crippen LogP contribution in [-0.4, -0.2) is 6.67 Å². The van der Waals surface area contributed by atoms with Crippen LogP contribution in [0.4, 0.5) is 4.39 Å². The first-order valence-electron chi connectivity index (χ1n) is 2.90. The van der Waals surface area contributed by atoms with Crippen molar-refractivity contribution in [1.29, 1.82) is 0 Å². The molecule has 1 saturated carbocycles. The van der Waals surface area contributed by atoms with E-state index in [1.165, 1.54) is 6.42 Å². The van der Waals surface area contributed by atoms with E-state index in [1.54, 1.807) is 0 Å². The molecule has 1 heteroatoms. The molecule has 0 saturated heterocycles. The second-order valence-electron chi connectivity index (χ2n) is 2.45. The number of hydrogen-bond donors (Lipinski definition) is 0. The second-order valence-corrected chi connectivity index (χ2v) is 2.45. The summed E-state index contributed by atoms with van der Waals surface area (Å²) in [5.41, 5.74) is 0. The normalized spacial score (nSPS) is 38.6. The number of hydrogen-bond acceptors (Lipinski definition) is 0. The van der Waals surface area contributed by atoms with Crippen LogP contribution in [-0.2, 0) is 0 Å². The Bertz CT molecular complexity index is 61.2. The minimum Gasteiger partial charge on any atom is -0.251 e. The Morgan fingerprint density at radius 2 is 2.29 bits per heavy atom. The summed E-state index contributed by atoms with van der Waals surface area (Å²) in [5.74, 6) is 1.57. The van der Waals surface area contributed by atoms with Crippen LogP contribution >= 0.6 is 0 Å². The predicted octanol–water partition coefficient (Wildman–Crippen LogP) is 2.00. The molecule has 7 heavy (non-hydrogen) atoms. The van der Waals surface area contributed by atoms with E-state index in [-0.39, 0.29) is 6.67 Å². The molecule has 0 aromatic rings. The molecule has 2 atom stereocenters. The zero-order chi connectivity index (χ0) is 5.28. The van der Waals surface area contributed by atoms with Gasteiger partial charge in [-0.2, -0.15) is 0 Å². The lowest BCUT2D eigenvalue weighted by Crippen LogP contribution is -1.78. The Labute approximate surface area is 43.7 Å². The molecule has 1 rings (SSSR count). The summed E-state index contributed by atoms with van der Waals surface area (Å²) in [5, 5.41) is 0. The molecule has 0 bridgehead atoms. The third-order valence-corrected chi connectivity index (χ3v) is 1.76. The van der Waals surface area contributed by atoms with E-state index in [1.807, 2.05) is 0 Å². The van der Waals surface area contributed by atoms with Crippen molar-refractivity contribution in [3.8, 4) is 0 Å². The van der Waals surface area contributed by atoms with Crippen LogP contribution in [0.3, 0.4) is 0 Å². The number of rotatable bonds is 2. The Kier molecular flexibility index (Phi) is 1.31. The van der Waals surface area contributed by atoms with Gasteiger partial charge in [0.25, 0.3) is 0 Å². The largest absolute Gasteiger partial charge is 0.251 e. The average Bonchev–Trinajstić information content (AvgIpc) is 2.22. The van der Waals surface area contributed by atoms with Gasteiger partial charge in [0.05, 0.1) is 6.67 Å². The van der Waals surface area contributed by atoms with Gasteiger partial charge in [-0.3, -0.25) is 4.39 Å². The molecule has 1 fully saturated rings. The summed E-state index contributed by atoms with van der Waals surface area (Å²) < 4.78 is 11.5. The van der Waals surface area contributed by atoms with E-state index in [2.05, 4.69) is 6.92 Å². The SMILES string of the molecule is CC1CC1CCF. The Balaban J connectivity index is 1.98. The van der Waals surface area contributed by atoms with Crippen molar-refractivity contribution >= 4 is 0 Å². The lowest BCUT2D eigenvalue weighted by molar-refractivity contribution is 0.446. The molecular formula is C6H11F. The van der Waals surface area contributed by atoms with E-state index in [0.29, 0.717) is 0 Å². The van der Waals surface area contributed by atoms with Crippen LogP contribution in [0.1, 0.15) is 19.8 Å². The summed E-state index contributed by atoms with van der Waals surface area (Å²) in [4.78, 5) is 0. The highest BCUT2D eigenvalue weighted by Crippen LogP contribution is 2.40. The Hall–Kier alpha value is -0.0700.